The third-order valence-electron chi connectivity index (χ3n) is 3.32. The van der Waals surface area contributed by atoms with Crippen molar-refractivity contribution in [1.29, 1.82) is 0 Å². The normalized spacial score (nSPS) is 11.4. The fourth-order valence-corrected chi connectivity index (χ4v) is 2.60. The molecule has 0 amide bonds. The van der Waals surface area contributed by atoms with Crippen LogP contribution < -0.4 is 5.11 Å². The summed E-state index contributed by atoms with van der Waals surface area (Å²) in [6.07, 6.45) is 4.38. The van der Waals surface area contributed by atoms with Gasteiger partial charge in [0.15, 0.2) is 0 Å². The topological polar surface area (TPSA) is 57.4 Å². The van der Waals surface area contributed by atoms with Crippen LogP contribution in [0.3, 0.4) is 0 Å². The predicted molar refractivity (Wildman–Crippen MR) is 87.1 cm³/mol. The molecule has 2 heterocycles. The number of imidazole rings is 1. The Balaban J connectivity index is 2.26. The number of aromatic nitrogens is 2. The number of nitrogens with zero attached hydrogens (tertiary/aromatic N) is 2. The molecule has 0 saturated carbocycles. The van der Waals surface area contributed by atoms with Crippen molar-refractivity contribution < 1.29 is 9.90 Å². The van der Waals surface area contributed by atoms with E-state index >= 15 is 0 Å². The van der Waals surface area contributed by atoms with Crippen molar-refractivity contribution in [3.63, 3.8) is 0 Å². The molecule has 0 atom stereocenters. The SMILES string of the molecule is Cc1ccc(-c2nc3ccc(Br)cn3c2/C=C/C(=O)[O-])cc1. The molecule has 0 saturated heterocycles. The zero-order valence-electron chi connectivity index (χ0n) is 11.8. The van der Waals surface area contributed by atoms with Gasteiger partial charge < -0.3 is 9.90 Å². The first-order valence-electron chi connectivity index (χ1n) is 6.68. The fourth-order valence-electron chi connectivity index (χ4n) is 2.27. The van der Waals surface area contributed by atoms with Crippen LogP contribution >= 0.6 is 15.9 Å². The minimum Gasteiger partial charge on any atom is -0.545 e. The summed E-state index contributed by atoms with van der Waals surface area (Å²) in [5.74, 6) is -1.24. The van der Waals surface area contributed by atoms with Gasteiger partial charge in [-0.3, -0.25) is 4.40 Å². The largest absolute Gasteiger partial charge is 0.545 e. The molecule has 0 aliphatic heterocycles. The Morgan fingerprint density at radius 3 is 2.64 bits per heavy atom. The van der Waals surface area contributed by atoms with E-state index in [-0.39, 0.29) is 0 Å². The summed E-state index contributed by atoms with van der Waals surface area (Å²) in [5.41, 5.74) is 4.27. The van der Waals surface area contributed by atoms with Crippen LogP contribution in [0.1, 0.15) is 11.3 Å². The van der Waals surface area contributed by atoms with Crippen LogP contribution in [0.5, 0.6) is 0 Å². The highest BCUT2D eigenvalue weighted by atomic mass is 79.9. The average Bonchev–Trinajstić information content (AvgIpc) is 2.83. The van der Waals surface area contributed by atoms with Crippen LogP contribution in [0.4, 0.5) is 0 Å². The quantitative estimate of drug-likeness (QED) is 0.678. The van der Waals surface area contributed by atoms with Gasteiger partial charge in [0.25, 0.3) is 0 Å². The van der Waals surface area contributed by atoms with E-state index in [0.717, 1.165) is 33.0 Å². The van der Waals surface area contributed by atoms with Gasteiger partial charge in [0.2, 0.25) is 0 Å². The first-order valence-corrected chi connectivity index (χ1v) is 7.47. The lowest BCUT2D eigenvalue weighted by atomic mass is 10.1. The number of hydrogen-bond donors (Lipinski definition) is 0. The second kappa shape index (κ2) is 5.77. The van der Waals surface area contributed by atoms with Crippen LogP contribution in [0.25, 0.3) is 23.0 Å². The van der Waals surface area contributed by atoms with Crippen LogP contribution in [-0.4, -0.2) is 15.4 Å². The number of carbonyl (C=O) groups is 1. The second-order valence-electron chi connectivity index (χ2n) is 4.94. The molecule has 0 aliphatic carbocycles. The molecule has 4 nitrogen and oxygen atoms in total. The predicted octanol–water partition coefficient (Wildman–Crippen LogP) is 2.84. The van der Waals surface area contributed by atoms with Crippen LogP contribution in [0.2, 0.25) is 0 Å². The number of hydrogen-bond acceptors (Lipinski definition) is 3. The minimum atomic E-state index is -1.24. The zero-order chi connectivity index (χ0) is 15.7. The van der Waals surface area contributed by atoms with E-state index in [1.807, 2.05) is 53.9 Å². The molecule has 3 aromatic rings. The molecule has 110 valence electrons. The van der Waals surface area contributed by atoms with Gasteiger partial charge in [0, 0.05) is 16.2 Å². The lowest BCUT2D eigenvalue weighted by molar-refractivity contribution is -0.297. The summed E-state index contributed by atoms with van der Waals surface area (Å²) >= 11 is 3.42. The van der Waals surface area contributed by atoms with Crippen LogP contribution in [0, 0.1) is 6.92 Å². The smallest absolute Gasteiger partial charge is 0.138 e. The number of carboxylic acid groups (broad SMARTS) is 1. The maximum absolute atomic E-state index is 10.8. The molecule has 0 fully saturated rings. The number of carbonyl (C=O) groups excluding carboxylic acids is 1. The van der Waals surface area contributed by atoms with Gasteiger partial charge in [-0.1, -0.05) is 29.8 Å². The van der Waals surface area contributed by atoms with Crippen molar-refractivity contribution in [2.45, 2.75) is 6.92 Å². The molecule has 0 bridgehead atoms. The number of aryl methyl sites for hydroxylation is 1. The fraction of sp³-hybridized carbons (Fsp3) is 0.0588. The number of pyridine rings is 1. The van der Waals surface area contributed by atoms with Crippen molar-refractivity contribution >= 4 is 33.6 Å². The average molecular weight is 356 g/mol. The van der Waals surface area contributed by atoms with Crippen molar-refractivity contribution in [3.05, 3.63) is 64.4 Å². The summed E-state index contributed by atoms with van der Waals surface area (Å²) in [4.78, 5) is 15.4. The van der Waals surface area contributed by atoms with Crippen LogP contribution in [0.15, 0.2) is 53.1 Å². The monoisotopic (exact) mass is 355 g/mol. The molecule has 3 rings (SSSR count). The van der Waals surface area contributed by atoms with Gasteiger partial charge in [-0.15, -0.1) is 0 Å². The van der Waals surface area contributed by atoms with E-state index in [1.54, 1.807) is 0 Å². The van der Waals surface area contributed by atoms with E-state index in [0.29, 0.717) is 5.69 Å². The summed E-state index contributed by atoms with van der Waals surface area (Å²) in [5, 5.41) is 10.8. The molecule has 0 spiro atoms. The van der Waals surface area contributed by atoms with Crippen molar-refractivity contribution in [3.8, 4) is 11.3 Å². The van der Waals surface area contributed by atoms with E-state index in [2.05, 4.69) is 20.9 Å². The number of carboxylic acids is 1. The summed E-state index contributed by atoms with van der Waals surface area (Å²) in [6, 6.07) is 11.7. The van der Waals surface area contributed by atoms with Gasteiger partial charge in [0.1, 0.15) is 5.65 Å². The Labute approximate surface area is 135 Å². The van der Waals surface area contributed by atoms with Crippen molar-refractivity contribution in [2.24, 2.45) is 0 Å². The summed E-state index contributed by atoms with van der Waals surface area (Å²) in [7, 11) is 0. The molecule has 22 heavy (non-hydrogen) atoms. The maximum Gasteiger partial charge on any atom is 0.138 e. The third-order valence-corrected chi connectivity index (χ3v) is 3.79. The van der Waals surface area contributed by atoms with Gasteiger partial charge >= 0.3 is 0 Å². The number of halogens is 1. The van der Waals surface area contributed by atoms with Crippen LogP contribution in [-0.2, 0) is 4.79 Å². The molecular formula is C17H12BrN2O2-. The Hall–Kier alpha value is -2.40. The molecule has 5 heteroatoms. The lowest BCUT2D eigenvalue weighted by Crippen LogP contribution is -2.18. The van der Waals surface area contributed by atoms with Gasteiger partial charge in [-0.2, -0.15) is 0 Å². The molecule has 1 aromatic carbocycles. The maximum atomic E-state index is 10.8. The first-order chi connectivity index (χ1) is 10.5. The molecular weight excluding hydrogens is 344 g/mol. The number of rotatable bonds is 3. The summed E-state index contributed by atoms with van der Waals surface area (Å²) in [6.45, 7) is 2.02. The molecule has 0 N–H and O–H groups in total. The molecule has 0 aliphatic rings. The van der Waals surface area contributed by atoms with Gasteiger partial charge in [0.05, 0.1) is 17.4 Å². The van der Waals surface area contributed by atoms with E-state index < -0.39 is 5.97 Å². The zero-order valence-corrected chi connectivity index (χ0v) is 13.4. The van der Waals surface area contributed by atoms with Gasteiger partial charge in [-0.25, -0.2) is 4.98 Å². The Morgan fingerprint density at radius 1 is 1.23 bits per heavy atom. The Bertz CT molecular complexity index is 880. The van der Waals surface area contributed by atoms with Crippen molar-refractivity contribution in [2.75, 3.05) is 0 Å². The van der Waals surface area contributed by atoms with Crippen molar-refractivity contribution in [1.82, 2.24) is 9.38 Å². The number of benzene rings is 1. The van der Waals surface area contributed by atoms with E-state index in [4.69, 9.17) is 0 Å². The highest BCUT2D eigenvalue weighted by Gasteiger charge is 2.12. The third kappa shape index (κ3) is 2.80. The standard InChI is InChI=1S/C17H13BrN2O2/c1-11-2-4-12(5-3-11)17-14(7-9-16(21)22)20-10-13(18)6-8-15(20)19-17/h2-10H,1H3,(H,21,22)/p-1/b9-7+. The number of aliphatic carboxylic acids is 1. The van der Waals surface area contributed by atoms with E-state index in [9.17, 15) is 9.90 Å². The van der Waals surface area contributed by atoms with E-state index in [1.165, 1.54) is 6.08 Å². The molecule has 2 aromatic heterocycles. The highest BCUT2D eigenvalue weighted by Crippen LogP contribution is 2.27. The number of fused-ring (bicyclic) bond motifs is 1. The Kier molecular flexibility index (Phi) is 3.81. The summed E-state index contributed by atoms with van der Waals surface area (Å²) < 4.78 is 2.73. The Morgan fingerprint density at radius 2 is 1.95 bits per heavy atom. The highest BCUT2D eigenvalue weighted by molar-refractivity contribution is 9.10. The molecule has 0 unspecified atom stereocenters. The first kappa shape index (κ1) is 14.5. The lowest BCUT2D eigenvalue weighted by Gasteiger charge is -2.02. The molecule has 0 radical (unpaired) electrons. The minimum absolute atomic E-state index is 0.698. The second-order valence-corrected chi connectivity index (χ2v) is 5.86. The van der Waals surface area contributed by atoms with Gasteiger partial charge in [-0.05, 0) is 47.1 Å².